The molecule has 0 amide bonds. The second-order valence-corrected chi connectivity index (χ2v) is 6.49. The molecule has 1 aromatic carbocycles. The summed E-state index contributed by atoms with van der Waals surface area (Å²) in [6, 6.07) is 9.63. The van der Waals surface area contributed by atoms with E-state index >= 15 is 0 Å². The average molecular weight is 289 g/mol. The molecular formula is C16H23N3O2. The Morgan fingerprint density at radius 2 is 1.81 bits per heavy atom. The molecule has 114 valence electrons. The van der Waals surface area contributed by atoms with E-state index in [0.717, 1.165) is 5.56 Å². The predicted molar refractivity (Wildman–Crippen MR) is 82.1 cm³/mol. The van der Waals surface area contributed by atoms with E-state index in [0.29, 0.717) is 24.8 Å². The first kappa shape index (κ1) is 15.5. The van der Waals surface area contributed by atoms with Crippen molar-refractivity contribution in [3.63, 3.8) is 0 Å². The molecule has 2 aromatic rings. The van der Waals surface area contributed by atoms with Crippen LogP contribution in [0.4, 0.5) is 5.95 Å². The van der Waals surface area contributed by atoms with Crippen LogP contribution in [-0.4, -0.2) is 21.8 Å². The van der Waals surface area contributed by atoms with Crippen LogP contribution >= 0.6 is 0 Å². The van der Waals surface area contributed by atoms with Gasteiger partial charge < -0.3 is 14.9 Å². The Balaban J connectivity index is 1.91. The number of hydrogen-bond donors (Lipinski definition) is 2. The SMILES string of the molecule is CC(C)(C)c1nc(NCCC(C)(O)c2ccccc2)no1. The maximum atomic E-state index is 10.5. The molecule has 21 heavy (non-hydrogen) atoms. The summed E-state index contributed by atoms with van der Waals surface area (Å²) in [6.07, 6.45) is 0.552. The summed E-state index contributed by atoms with van der Waals surface area (Å²) < 4.78 is 5.21. The van der Waals surface area contributed by atoms with Gasteiger partial charge in [0.05, 0.1) is 5.60 Å². The zero-order valence-electron chi connectivity index (χ0n) is 13.1. The first-order chi connectivity index (χ1) is 9.79. The Kier molecular flexibility index (Phi) is 4.32. The molecule has 0 aliphatic rings. The van der Waals surface area contributed by atoms with Crippen molar-refractivity contribution in [2.75, 3.05) is 11.9 Å². The van der Waals surface area contributed by atoms with E-state index in [-0.39, 0.29) is 5.41 Å². The second kappa shape index (κ2) is 5.85. The summed E-state index contributed by atoms with van der Waals surface area (Å²) in [6.45, 7) is 8.42. The van der Waals surface area contributed by atoms with Gasteiger partial charge in [0.1, 0.15) is 0 Å². The lowest BCUT2D eigenvalue weighted by atomic mass is 9.93. The summed E-state index contributed by atoms with van der Waals surface area (Å²) in [5.41, 5.74) is -0.150. The first-order valence-corrected chi connectivity index (χ1v) is 7.15. The van der Waals surface area contributed by atoms with Crippen molar-refractivity contribution in [2.45, 2.75) is 45.1 Å². The molecular weight excluding hydrogens is 266 g/mol. The molecule has 0 saturated heterocycles. The van der Waals surface area contributed by atoms with Crippen molar-refractivity contribution >= 4 is 5.95 Å². The lowest BCUT2D eigenvalue weighted by Gasteiger charge is -2.23. The molecule has 0 saturated carbocycles. The van der Waals surface area contributed by atoms with Crippen molar-refractivity contribution in [1.29, 1.82) is 0 Å². The van der Waals surface area contributed by atoms with E-state index in [1.165, 1.54) is 0 Å². The normalized spacial score (nSPS) is 14.7. The molecule has 1 atom stereocenters. The average Bonchev–Trinajstić information content (AvgIpc) is 2.88. The minimum absolute atomic E-state index is 0.164. The molecule has 2 N–H and O–H groups in total. The van der Waals surface area contributed by atoms with Crippen LogP contribution in [0.15, 0.2) is 34.9 Å². The van der Waals surface area contributed by atoms with Gasteiger partial charge >= 0.3 is 0 Å². The third-order valence-corrected chi connectivity index (χ3v) is 3.36. The van der Waals surface area contributed by atoms with Gasteiger partial charge in [-0.1, -0.05) is 51.1 Å². The van der Waals surface area contributed by atoms with E-state index in [1.807, 2.05) is 51.1 Å². The van der Waals surface area contributed by atoms with Gasteiger partial charge in [0.15, 0.2) is 0 Å². The van der Waals surface area contributed by atoms with Crippen LogP contribution in [0.2, 0.25) is 0 Å². The molecule has 0 fully saturated rings. The fraction of sp³-hybridized carbons (Fsp3) is 0.500. The van der Waals surface area contributed by atoms with Crippen LogP contribution in [0.25, 0.3) is 0 Å². The molecule has 1 aromatic heterocycles. The fourth-order valence-electron chi connectivity index (χ4n) is 1.96. The van der Waals surface area contributed by atoms with Gasteiger partial charge in [0.25, 0.3) is 5.95 Å². The quantitative estimate of drug-likeness (QED) is 0.885. The smallest absolute Gasteiger partial charge is 0.263 e. The number of hydrogen-bond acceptors (Lipinski definition) is 5. The fourth-order valence-corrected chi connectivity index (χ4v) is 1.96. The Labute approximate surface area is 125 Å². The van der Waals surface area contributed by atoms with E-state index < -0.39 is 5.60 Å². The summed E-state index contributed by atoms with van der Waals surface area (Å²) >= 11 is 0. The lowest BCUT2D eigenvalue weighted by Crippen LogP contribution is -2.24. The van der Waals surface area contributed by atoms with Crippen LogP contribution < -0.4 is 5.32 Å². The van der Waals surface area contributed by atoms with Gasteiger partial charge in [-0.2, -0.15) is 4.98 Å². The molecule has 5 heteroatoms. The number of nitrogens with one attached hydrogen (secondary N) is 1. The summed E-state index contributed by atoms with van der Waals surface area (Å²) in [5, 5.41) is 17.5. The first-order valence-electron chi connectivity index (χ1n) is 7.15. The monoisotopic (exact) mass is 289 g/mol. The third-order valence-electron chi connectivity index (χ3n) is 3.36. The number of nitrogens with zero attached hydrogens (tertiary/aromatic N) is 2. The number of benzene rings is 1. The zero-order valence-corrected chi connectivity index (χ0v) is 13.1. The van der Waals surface area contributed by atoms with Crippen LogP contribution in [0.1, 0.15) is 45.6 Å². The van der Waals surface area contributed by atoms with Gasteiger partial charge in [0, 0.05) is 12.0 Å². The minimum Gasteiger partial charge on any atom is -0.385 e. The van der Waals surface area contributed by atoms with Crippen LogP contribution in [0.3, 0.4) is 0 Å². The van der Waals surface area contributed by atoms with Crippen molar-refractivity contribution in [3.8, 4) is 0 Å². The summed E-state index contributed by atoms with van der Waals surface area (Å²) in [4.78, 5) is 4.30. The third kappa shape index (κ3) is 4.04. The maximum Gasteiger partial charge on any atom is 0.263 e. The molecule has 0 aliphatic carbocycles. The topological polar surface area (TPSA) is 71.2 Å². The zero-order chi connectivity index (χ0) is 15.5. The molecule has 0 radical (unpaired) electrons. The Hall–Kier alpha value is -1.88. The van der Waals surface area contributed by atoms with Crippen molar-refractivity contribution < 1.29 is 9.63 Å². The van der Waals surface area contributed by atoms with Crippen LogP contribution in [0, 0.1) is 0 Å². The van der Waals surface area contributed by atoms with Gasteiger partial charge in [-0.25, -0.2) is 0 Å². The second-order valence-electron chi connectivity index (χ2n) is 6.49. The van der Waals surface area contributed by atoms with Gasteiger partial charge in [-0.15, -0.1) is 0 Å². The Morgan fingerprint density at radius 1 is 1.14 bits per heavy atom. The highest BCUT2D eigenvalue weighted by molar-refractivity contribution is 5.25. The van der Waals surface area contributed by atoms with Crippen molar-refractivity contribution in [2.24, 2.45) is 0 Å². The largest absolute Gasteiger partial charge is 0.385 e. The molecule has 0 bridgehead atoms. The highest BCUT2D eigenvalue weighted by atomic mass is 16.5. The Bertz CT molecular complexity index is 571. The van der Waals surface area contributed by atoms with E-state index in [9.17, 15) is 5.11 Å². The van der Waals surface area contributed by atoms with Gasteiger partial charge in [-0.3, -0.25) is 0 Å². The number of anilines is 1. The highest BCUT2D eigenvalue weighted by Gasteiger charge is 2.24. The van der Waals surface area contributed by atoms with Gasteiger partial charge in [-0.05, 0) is 24.1 Å². The molecule has 1 unspecified atom stereocenters. The summed E-state index contributed by atoms with van der Waals surface area (Å²) in [5.74, 6) is 1.06. The number of rotatable bonds is 5. The van der Waals surface area contributed by atoms with Crippen LogP contribution in [0.5, 0.6) is 0 Å². The molecule has 0 spiro atoms. The predicted octanol–water partition coefficient (Wildman–Crippen LogP) is 3.08. The lowest BCUT2D eigenvalue weighted by molar-refractivity contribution is 0.0515. The minimum atomic E-state index is -0.884. The molecule has 0 aliphatic heterocycles. The molecule has 5 nitrogen and oxygen atoms in total. The van der Waals surface area contributed by atoms with E-state index in [2.05, 4.69) is 15.5 Å². The van der Waals surface area contributed by atoms with E-state index in [4.69, 9.17) is 4.52 Å². The summed E-state index contributed by atoms with van der Waals surface area (Å²) in [7, 11) is 0. The van der Waals surface area contributed by atoms with Gasteiger partial charge in [0.2, 0.25) is 5.89 Å². The van der Waals surface area contributed by atoms with Crippen molar-refractivity contribution in [1.82, 2.24) is 10.1 Å². The standard InChI is InChI=1S/C16H23N3O2/c1-15(2,3)13-18-14(19-21-13)17-11-10-16(4,20)12-8-6-5-7-9-12/h5-9,20H,10-11H2,1-4H3,(H,17,19). The van der Waals surface area contributed by atoms with Crippen LogP contribution in [-0.2, 0) is 11.0 Å². The van der Waals surface area contributed by atoms with Crippen molar-refractivity contribution in [3.05, 3.63) is 41.8 Å². The number of aromatic nitrogens is 2. The molecule has 1 heterocycles. The highest BCUT2D eigenvalue weighted by Crippen LogP contribution is 2.24. The maximum absolute atomic E-state index is 10.5. The van der Waals surface area contributed by atoms with E-state index in [1.54, 1.807) is 6.92 Å². The number of aliphatic hydroxyl groups is 1. The Morgan fingerprint density at radius 3 is 2.38 bits per heavy atom. The molecule has 2 rings (SSSR count).